The van der Waals surface area contributed by atoms with E-state index in [-0.39, 0.29) is 0 Å². The first-order chi connectivity index (χ1) is 12.3. The maximum atomic E-state index is 5.56. The number of aromatic amines is 2. The number of hydrogen-bond acceptors (Lipinski definition) is 2. The molecule has 0 radical (unpaired) electrons. The summed E-state index contributed by atoms with van der Waals surface area (Å²) >= 11 is 5.56. The Morgan fingerprint density at radius 3 is 2.48 bits per heavy atom. The van der Waals surface area contributed by atoms with E-state index in [4.69, 9.17) is 12.2 Å². The Hall–Kier alpha value is -1.88. The Labute approximate surface area is 151 Å². The number of benzene rings is 1. The van der Waals surface area contributed by atoms with Crippen molar-refractivity contribution in [3.63, 3.8) is 0 Å². The molecule has 0 atom stereocenters. The largest absolute Gasteiger partial charge is 0.330 e. The van der Waals surface area contributed by atoms with E-state index in [1.807, 2.05) is 12.1 Å². The minimum Gasteiger partial charge on any atom is -0.330 e. The van der Waals surface area contributed by atoms with Crippen LogP contribution in [0.25, 0.3) is 16.9 Å². The van der Waals surface area contributed by atoms with Crippen molar-refractivity contribution in [3.05, 3.63) is 40.8 Å². The molecule has 1 aromatic carbocycles. The smallest absolute Gasteiger partial charge is 0.184 e. The lowest BCUT2D eigenvalue weighted by Gasteiger charge is -2.54. The molecule has 0 aliphatic heterocycles. The number of imidazole rings is 1. The van der Waals surface area contributed by atoms with Crippen molar-refractivity contribution in [3.8, 4) is 5.82 Å². The Morgan fingerprint density at radius 2 is 1.72 bits per heavy atom. The first-order valence-corrected chi connectivity index (χ1v) is 9.92. The van der Waals surface area contributed by atoms with E-state index in [2.05, 4.69) is 37.9 Å². The summed E-state index contributed by atoms with van der Waals surface area (Å²) in [6, 6.07) is 10.5. The molecular formula is C20H22N4S. The predicted molar refractivity (Wildman–Crippen MR) is 100 cm³/mol. The third-order valence-corrected chi connectivity index (χ3v) is 7.27. The minimum atomic E-state index is 0.674. The predicted octanol–water partition coefficient (Wildman–Crippen LogP) is 4.95. The Balaban J connectivity index is 1.42. The highest BCUT2D eigenvalue weighted by Crippen LogP contribution is 2.59. The topological polar surface area (TPSA) is 49.4 Å². The van der Waals surface area contributed by atoms with Crippen LogP contribution in [-0.4, -0.2) is 19.7 Å². The number of rotatable bonds is 2. The van der Waals surface area contributed by atoms with Crippen LogP contribution in [0.2, 0.25) is 0 Å². The van der Waals surface area contributed by atoms with E-state index < -0.39 is 0 Å². The number of para-hydroxylation sites is 2. The molecule has 5 heteroatoms. The zero-order valence-corrected chi connectivity index (χ0v) is 14.9. The number of nitrogens with one attached hydrogen (secondary N) is 2. The van der Waals surface area contributed by atoms with E-state index in [9.17, 15) is 0 Å². The second kappa shape index (κ2) is 5.07. The lowest BCUT2D eigenvalue weighted by Crippen LogP contribution is -2.43. The lowest BCUT2D eigenvalue weighted by molar-refractivity contribution is -0.00416. The van der Waals surface area contributed by atoms with Crippen LogP contribution in [0.1, 0.15) is 43.7 Å². The van der Waals surface area contributed by atoms with Gasteiger partial charge >= 0.3 is 0 Å². The molecule has 4 saturated carbocycles. The molecule has 7 rings (SSSR count). The van der Waals surface area contributed by atoms with Crippen molar-refractivity contribution in [1.82, 2.24) is 19.7 Å². The highest BCUT2D eigenvalue weighted by atomic mass is 32.1. The maximum Gasteiger partial charge on any atom is 0.184 e. The van der Waals surface area contributed by atoms with Crippen LogP contribution >= 0.6 is 12.2 Å². The first-order valence-electron chi connectivity index (χ1n) is 9.51. The van der Waals surface area contributed by atoms with Crippen molar-refractivity contribution in [2.45, 2.75) is 38.0 Å². The number of nitrogens with zero attached hydrogens (tertiary/aromatic N) is 2. The molecule has 4 nitrogen and oxygen atoms in total. The normalized spacial score (nSPS) is 33.4. The summed E-state index contributed by atoms with van der Waals surface area (Å²) < 4.78 is 2.77. The van der Waals surface area contributed by atoms with Gasteiger partial charge in [-0.25, -0.2) is 0 Å². The summed E-state index contributed by atoms with van der Waals surface area (Å²) in [6.07, 6.45) is 7.21. The summed E-state index contributed by atoms with van der Waals surface area (Å²) in [4.78, 5) is 3.29. The summed E-state index contributed by atoms with van der Waals surface area (Å²) in [6.45, 7) is 0. The summed E-state index contributed by atoms with van der Waals surface area (Å²) in [5.74, 6) is 5.33. The molecule has 0 spiro atoms. The standard InChI is InChI=1S/C20H22N4S/c25-20-21-15-3-1-2-4-17(15)24(20)18-10-16(22-23-18)19-13-6-11-5-12(8-13)9-14(19)7-11/h1-4,10-14,19H,5-9H2,(H,21,25)(H,22,23). The zero-order valence-electron chi connectivity index (χ0n) is 14.1. The van der Waals surface area contributed by atoms with Crippen molar-refractivity contribution in [2.75, 3.05) is 0 Å². The van der Waals surface area contributed by atoms with E-state index in [1.165, 1.54) is 37.8 Å². The fourth-order valence-electron chi connectivity index (χ4n) is 6.33. The number of fused-ring (bicyclic) bond motifs is 1. The second-order valence-corrected chi connectivity index (χ2v) is 8.81. The lowest BCUT2D eigenvalue weighted by atomic mass is 9.51. The molecule has 2 N–H and O–H groups in total. The highest BCUT2D eigenvalue weighted by molar-refractivity contribution is 7.71. The van der Waals surface area contributed by atoms with Crippen LogP contribution in [0.4, 0.5) is 0 Å². The molecule has 3 aromatic rings. The molecule has 2 heterocycles. The van der Waals surface area contributed by atoms with E-state index in [0.29, 0.717) is 10.7 Å². The van der Waals surface area contributed by atoms with Crippen LogP contribution in [0, 0.1) is 28.4 Å². The minimum absolute atomic E-state index is 0.674. The molecule has 0 unspecified atom stereocenters. The average Bonchev–Trinajstić information content (AvgIpc) is 3.17. The van der Waals surface area contributed by atoms with Gasteiger partial charge in [-0.2, -0.15) is 5.10 Å². The van der Waals surface area contributed by atoms with Gasteiger partial charge < -0.3 is 4.98 Å². The number of H-pyrrole nitrogens is 2. The molecule has 4 aliphatic rings. The molecular weight excluding hydrogens is 328 g/mol. The van der Waals surface area contributed by atoms with Gasteiger partial charge in [-0.1, -0.05) is 12.1 Å². The molecule has 0 saturated heterocycles. The van der Waals surface area contributed by atoms with Gasteiger partial charge in [0, 0.05) is 17.7 Å². The highest BCUT2D eigenvalue weighted by Gasteiger charge is 2.49. The molecule has 4 bridgehead atoms. The Bertz CT molecular complexity index is 982. The monoisotopic (exact) mass is 350 g/mol. The third kappa shape index (κ3) is 2.05. The van der Waals surface area contributed by atoms with Gasteiger partial charge in [0.15, 0.2) is 10.6 Å². The van der Waals surface area contributed by atoms with Crippen LogP contribution in [0.3, 0.4) is 0 Å². The van der Waals surface area contributed by atoms with Crippen LogP contribution in [-0.2, 0) is 0 Å². The molecule has 128 valence electrons. The van der Waals surface area contributed by atoms with Crippen LogP contribution in [0.5, 0.6) is 0 Å². The molecule has 25 heavy (non-hydrogen) atoms. The third-order valence-electron chi connectivity index (χ3n) is 6.99. The van der Waals surface area contributed by atoms with E-state index in [0.717, 1.165) is 40.5 Å². The van der Waals surface area contributed by atoms with Gasteiger partial charge in [-0.3, -0.25) is 9.67 Å². The molecule has 0 amide bonds. The first kappa shape index (κ1) is 14.3. The van der Waals surface area contributed by atoms with Gasteiger partial charge in [0.05, 0.1) is 11.0 Å². The molecule has 4 aliphatic carbocycles. The SMILES string of the molecule is S=c1[nH]c2ccccc2n1-c1cc(C2C3CC4CC(C3)CC2C4)[nH]n1. The van der Waals surface area contributed by atoms with E-state index >= 15 is 0 Å². The van der Waals surface area contributed by atoms with Gasteiger partial charge in [-0.15, -0.1) is 0 Å². The fourth-order valence-corrected chi connectivity index (χ4v) is 6.63. The van der Waals surface area contributed by atoms with Gasteiger partial charge in [0.25, 0.3) is 0 Å². The summed E-state index contributed by atoms with van der Waals surface area (Å²) in [5.41, 5.74) is 3.48. The van der Waals surface area contributed by atoms with E-state index in [1.54, 1.807) is 0 Å². The Morgan fingerprint density at radius 1 is 1.00 bits per heavy atom. The average molecular weight is 350 g/mol. The van der Waals surface area contributed by atoms with Crippen molar-refractivity contribution in [2.24, 2.45) is 23.7 Å². The van der Waals surface area contributed by atoms with Gasteiger partial charge in [-0.05, 0) is 80.1 Å². The number of hydrogen-bond donors (Lipinski definition) is 2. The maximum absolute atomic E-state index is 5.56. The van der Waals surface area contributed by atoms with Crippen molar-refractivity contribution >= 4 is 23.3 Å². The quantitative estimate of drug-likeness (QED) is 0.642. The second-order valence-electron chi connectivity index (χ2n) is 8.42. The van der Waals surface area contributed by atoms with Crippen molar-refractivity contribution in [1.29, 1.82) is 0 Å². The van der Waals surface area contributed by atoms with Crippen LogP contribution < -0.4 is 0 Å². The molecule has 4 fully saturated rings. The summed E-state index contributed by atoms with van der Waals surface area (Å²) in [7, 11) is 0. The van der Waals surface area contributed by atoms with Gasteiger partial charge in [0.1, 0.15) is 0 Å². The fraction of sp³-hybridized carbons (Fsp3) is 0.500. The summed E-state index contributed by atoms with van der Waals surface area (Å²) in [5, 5.41) is 8.04. The zero-order chi connectivity index (χ0) is 16.5. The van der Waals surface area contributed by atoms with Gasteiger partial charge in [0.2, 0.25) is 0 Å². The van der Waals surface area contributed by atoms with Crippen molar-refractivity contribution < 1.29 is 0 Å². The number of aromatic nitrogens is 4. The van der Waals surface area contributed by atoms with Crippen LogP contribution in [0.15, 0.2) is 30.3 Å². The Kier molecular flexibility index (Phi) is 2.90. The molecule has 2 aromatic heterocycles.